The van der Waals surface area contributed by atoms with Crippen molar-refractivity contribution in [1.82, 2.24) is 15.1 Å². The molecule has 1 fully saturated rings. The highest BCUT2D eigenvalue weighted by Crippen LogP contribution is 2.26. The molecule has 2 aromatic heterocycles. The van der Waals surface area contributed by atoms with Gasteiger partial charge in [0.2, 0.25) is 0 Å². The summed E-state index contributed by atoms with van der Waals surface area (Å²) in [6.45, 7) is 3.23. The lowest BCUT2D eigenvalue weighted by Crippen LogP contribution is -2.38. The number of hydrogen-bond acceptors (Lipinski definition) is 4. The first-order valence-corrected chi connectivity index (χ1v) is 8.81. The summed E-state index contributed by atoms with van der Waals surface area (Å²) in [5.74, 6) is 1.24. The Kier molecular flexibility index (Phi) is 4.58. The van der Waals surface area contributed by atoms with Gasteiger partial charge in [-0.05, 0) is 44.0 Å². The van der Waals surface area contributed by atoms with Crippen LogP contribution in [0.4, 0.5) is 0 Å². The number of amides is 1. The molecule has 6 nitrogen and oxygen atoms in total. The molecule has 134 valence electrons. The lowest BCUT2D eigenvalue weighted by Gasteiger charge is -2.22. The Morgan fingerprint density at radius 3 is 2.62 bits per heavy atom. The minimum absolute atomic E-state index is 0.127. The van der Waals surface area contributed by atoms with Crippen molar-refractivity contribution in [3.8, 4) is 17.1 Å². The molecule has 6 heteroatoms. The molecule has 0 spiro atoms. The second-order valence-electron chi connectivity index (χ2n) is 6.44. The molecular weight excluding hydrogens is 330 g/mol. The zero-order valence-electron chi connectivity index (χ0n) is 14.6. The third kappa shape index (κ3) is 3.41. The molecule has 1 saturated heterocycles. The monoisotopic (exact) mass is 351 g/mol. The summed E-state index contributed by atoms with van der Waals surface area (Å²) in [4.78, 5) is 12.9. The van der Waals surface area contributed by atoms with E-state index in [0.29, 0.717) is 30.2 Å². The molecule has 0 bridgehead atoms. The maximum atomic E-state index is 12.9. The number of benzene rings is 1. The molecule has 3 aromatic rings. The zero-order chi connectivity index (χ0) is 17.9. The lowest BCUT2D eigenvalue weighted by atomic mass is 10.1. The molecule has 1 N–H and O–H groups in total. The third-order valence-corrected chi connectivity index (χ3v) is 4.51. The fourth-order valence-electron chi connectivity index (χ4n) is 3.10. The predicted octanol–water partition coefficient (Wildman–Crippen LogP) is 3.35. The maximum Gasteiger partial charge on any atom is 0.255 e. The number of aryl methyl sites for hydroxylation is 1. The number of rotatable bonds is 4. The number of nitrogens with zero attached hydrogens (tertiary/aromatic N) is 2. The Morgan fingerprint density at radius 2 is 1.92 bits per heavy atom. The van der Waals surface area contributed by atoms with Gasteiger partial charge in [0.15, 0.2) is 5.76 Å². The minimum Gasteiger partial charge on any atom is -0.460 e. The van der Waals surface area contributed by atoms with E-state index in [0.717, 1.165) is 24.3 Å². The third-order valence-electron chi connectivity index (χ3n) is 4.51. The topological polar surface area (TPSA) is 69.3 Å². The van der Waals surface area contributed by atoms with Crippen molar-refractivity contribution >= 4 is 5.91 Å². The van der Waals surface area contributed by atoms with E-state index < -0.39 is 0 Å². The van der Waals surface area contributed by atoms with Crippen LogP contribution in [0.25, 0.3) is 17.1 Å². The number of aromatic nitrogens is 2. The van der Waals surface area contributed by atoms with E-state index in [1.54, 1.807) is 10.9 Å². The molecule has 1 amide bonds. The fraction of sp³-hybridized carbons (Fsp3) is 0.300. The summed E-state index contributed by atoms with van der Waals surface area (Å²) in [6.07, 6.45) is 3.42. The van der Waals surface area contributed by atoms with Gasteiger partial charge in [0, 0.05) is 25.5 Å². The van der Waals surface area contributed by atoms with Crippen LogP contribution in [-0.2, 0) is 4.74 Å². The van der Waals surface area contributed by atoms with Gasteiger partial charge < -0.3 is 14.5 Å². The summed E-state index contributed by atoms with van der Waals surface area (Å²) in [6, 6.07) is 13.6. The van der Waals surface area contributed by atoms with E-state index in [1.165, 1.54) is 0 Å². The molecule has 1 aromatic carbocycles. The first-order chi connectivity index (χ1) is 12.7. The Morgan fingerprint density at radius 1 is 1.15 bits per heavy atom. The number of furan rings is 1. The largest absolute Gasteiger partial charge is 0.460 e. The Bertz CT molecular complexity index is 892. The average molecular weight is 351 g/mol. The summed E-state index contributed by atoms with van der Waals surface area (Å²) in [5.41, 5.74) is 1.95. The van der Waals surface area contributed by atoms with Crippen LogP contribution in [0.3, 0.4) is 0 Å². The summed E-state index contributed by atoms with van der Waals surface area (Å²) in [7, 11) is 0. The predicted molar refractivity (Wildman–Crippen MR) is 97.3 cm³/mol. The summed E-state index contributed by atoms with van der Waals surface area (Å²) in [5, 5.41) is 7.72. The molecule has 4 rings (SSSR count). The van der Waals surface area contributed by atoms with Crippen LogP contribution in [0, 0.1) is 6.92 Å². The van der Waals surface area contributed by atoms with Gasteiger partial charge in [0.05, 0.1) is 11.3 Å². The number of carbonyl (C=O) groups is 1. The maximum absolute atomic E-state index is 12.9. The molecule has 0 atom stereocenters. The van der Waals surface area contributed by atoms with Gasteiger partial charge in [-0.25, -0.2) is 4.68 Å². The van der Waals surface area contributed by atoms with Crippen molar-refractivity contribution in [2.24, 2.45) is 0 Å². The van der Waals surface area contributed by atoms with Crippen LogP contribution in [0.1, 0.15) is 29.0 Å². The standard InChI is InChI=1S/C20H21N3O3/c1-14-7-8-18(26-14)19-17(20(24)21-15-9-11-25-12-10-15)13-23(22-19)16-5-3-2-4-6-16/h2-8,13,15H,9-12H2,1H3,(H,21,24). The Labute approximate surface area is 151 Å². The van der Waals surface area contributed by atoms with Gasteiger partial charge in [-0.1, -0.05) is 18.2 Å². The molecule has 0 radical (unpaired) electrons. The Balaban J connectivity index is 1.69. The number of ether oxygens (including phenoxy) is 1. The van der Waals surface area contributed by atoms with E-state index in [9.17, 15) is 4.79 Å². The van der Waals surface area contributed by atoms with Gasteiger partial charge >= 0.3 is 0 Å². The minimum atomic E-state index is -0.136. The molecule has 1 aliphatic rings. The highest BCUT2D eigenvalue weighted by atomic mass is 16.5. The van der Waals surface area contributed by atoms with Gasteiger partial charge in [0.1, 0.15) is 11.5 Å². The van der Waals surface area contributed by atoms with Crippen molar-refractivity contribution < 1.29 is 13.9 Å². The molecule has 0 unspecified atom stereocenters. The van der Waals surface area contributed by atoms with Crippen molar-refractivity contribution in [3.63, 3.8) is 0 Å². The molecular formula is C20H21N3O3. The molecule has 0 aliphatic carbocycles. The van der Waals surface area contributed by atoms with E-state index >= 15 is 0 Å². The van der Waals surface area contributed by atoms with E-state index in [1.807, 2.05) is 49.4 Å². The molecule has 0 saturated carbocycles. The highest BCUT2D eigenvalue weighted by molar-refractivity contribution is 5.99. The van der Waals surface area contributed by atoms with Gasteiger partial charge in [-0.15, -0.1) is 0 Å². The number of carbonyl (C=O) groups excluding carboxylic acids is 1. The Hall–Kier alpha value is -2.86. The number of hydrogen-bond donors (Lipinski definition) is 1. The second kappa shape index (κ2) is 7.17. The summed E-state index contributed by atoms with van der Waals surface area (Å²) >= 11 is 0. The van der Waals surface area contributed by atoms with E-state index in [4.69, 9.17) is 9.15 Å². The van der Waals surface area contributed by atoms with Gasteiger partial charge in [0.25, 0.3) is 5.91 Å². The number of para-hydroxylation sites is 1. The van der Waals surface area contributed by atoms with Crippen LogP contribution in [-0.4, -0.2) is 34.9 Å². The first-order valence-electron chi connectivity index (χ1n) is 8.81. The van der Waals surface area contributed by atoms with Crippen molar-refractivity contribution in [1.29, 1.82) is 0 Å². The van der Waals surface area contributed by atoms with Crippen LogP contribution in [0.2, 0.25) is 0 Å². The van der Waals surface area contributed by atoms with Gasteiger partial charge in [-0.3, -0.25) is 4.79 Å². The van der Waals surface area contributed by atoms with Crippen molar-refractivity contribution in [2.45, 2.75) is 25.8 Å². The normalized spacial score (nSPS) is 15.1. The molecule has 3 heterocycles. The average Bonchev–Trinajstić information content (AvgIpc) is 3.30. The first kappa shape index (κ1) is 16.6. The fourth-order valence-corrected chi connectivity index (χ4v) is 3.10. The highest BCUT2D eigenvalue weighted by Gasteiger charge is 2.23. The van der Waals surface area contributed by atoms with E-state index in [2.05, 4.69) is 10.4 Å². The lowest BCUT2D eigenvalue weighted by molar-refractivity contribution is 0.0696. The quantitative estimate of drug-likeness (QED) is 0.783. The number of nitrogens with one attached hydrogen (secondary N) is 1. The van der Waals surface area contributed by atoms with E-state index in [-0.39, 0.29) is 11.9 Å². The van der Waals surface area contributed by atoms with Crippen molar-refractivity contribution in [3.05, 3.63) is 60.0 Å². The van der Waals surface area contributed by atoms with Crippen LogP contribution in [0.5, 0.6) is 0 Å². The van der Waals surface area contributed by atoms with Crippen molar-refractivity contribution in [2.75, 3.05) is 13.2 Å². The van der Waals surface area contributed by atoms with Crippen LogP contribution >= 0.6 is 0 Å². The van der Waals surface area contributed by atoms with Crippen LogP contribution in [0.15, 0.2) is 53.1 Å². The molecule has 1 aliphatic heterocycles. The second-order valence-corrected chi connectivity index (χ2v) is 6.44. The SMILES string of the molecule is Cc1ccc(-c2nn(-c3ccccc3)cc2C(=O)NC2CCOCC2)o1. The summed E-state index contributed by atoms with van der Waals surface area (Å²) < 4.78 is 12.8. The smallest absolute Gasteiger partial charge is 0.255 e. The van der Waals surface area contributed by atoms with Gasteiger partial charge in [-0.2, -0.15) is 5.10 Å². The zero-order valence-corrected chi connectivity index (χ0v) is 14.6. The molecule has 26 heavy (non-hydrogen) atoms. The van der Waals surface area contributed by atoms with Crippen LogP contribution < -0.4 is 5.32 Å².